The van der Waals surface area contributed by atoms with Crippen molar-refractivity contribution < 1.29 is 15.0 Å². The number of hydrogen-bond donors (Lipinski definition) is 3. The summed E-state index contributed by atoms with van der Waals surface area (Å²) in [4.78, 5) is 12.0. The SMILES string of the molecule is O=C(N/N=C/c1cccc2ccccc12)c1cc(O)ccc1O. The number of phenols is 2. The van der Waals surface area contributed by atoms with Crippen molar-refractivity contribution >= 4 is 22.9 Å². The lowest BCUT2D eigenvalue weighted by Gasteiger charge is -2.04. The average Bonchev–Trinajstić information content (AvgIpc) is 2.57. The van der Waals surface area contributed by atoms with E-state index in [-0.39, 0.29) is 17.1 Å². The Morgan fingerprint density at radius 1 is 1.00 bits per heavy atom. The molecule has 0 aliphatic heterocycles. The molecule has 114 valence electrons. The van der Waals surface area contributed by atoms with Crippen LogP contribution >= 0.6 is 0 Å². The third-order valence-corrected chi connectivity index (χ3v) is 3.42. The second-order valence-corrected chi connectivity index (χ2v) is 4.97. The summed E-state index contributed by atoms with van der Waals surface area (Å²) < 4.78 is 0. The van der Waals surface area contributed by atoms with Gasteiger partial charge in [0.2, 0.25) is 0 Å². The molecule has 0 unspecified atom stereocenters. The topological polar surface area (TPSA) is 81.9 Å². The number of nitrogens with one attached hydrogen (secondary N) is 1. The number of amides is 1. The molecule has 0 aliphatic rings. The summed E-state index contributed by atoms with van der Waals surface area (Å²) >= 11 is 0. The first-order valence-corrected chi connectivity index (χ1v) is 6.98. The summed E-state index contributed by atoms with van der Waals surface area (Å²) in [6.45, 7) is 0. The number of hydrazone groups is 1. The van der Waals surface area contributed by atoms with Gasteiger partial charge in [0.1, 0.15) is 11.5 Å². The number of aromatic hydroxyl groups is 2. The Bertz CT molecular complexity index is 898. The van der Waals surface area contributed by atoms with Crippen LogP contribution in [0.15, 0.2) is 65.8 Å². The van der Waals surface area contributed by atoms with E-state index in [2.05, 4.69) is 10.5 Å². The van der Waals surface area contributed by atoms with Crippen molar-refractivity contribution in [2.24, 2.45) is 5.10 Å². The summed E-state index contributed by atoms with van der Waals surface area (Å²) in [6.07, 6.45) is 1.54. The molecule has 3 aromatic carbocycles. The third-order valence-electron chi connectivity index (χ3n) is 3.42. The van der Waals surface area contributed by atoms with Crippen LogP contribution in [0.5, 0.6) is 11.5 Å². The third kappa shape index (κ3) is 3.13. The smallest absolute Gasteiger partial charge is 0.275 e. The monoisotopic (exact) mass is 306 g/mol. The Morgan fingerprint density at radius 3 is 2.65 bits per heavy atom. The van der Waals surface area contributed by atoms with Crippen molar-refractivity contribution in [1.29, 1.82) is 0 Å². The van der Waals surface area contributed by atoms with Gasteiger partial charge in [-0.2, -0.15) is 5.10 Å². The van der Waals surface area contributed by atoms with Crippen molar-refractivity contribution in [2.75, 3.05) is 0 Å². The lowest BCUT2D eigenvalue weighted by Crippen LogP contribution is -2.17. The molecule has 3 N–H and O–H groups in total. The molecule has 0 saturated heterocycles. The fraction of sp³-hybridized carbons (Fsp3) is 0. The van der Waals surface area contributed by atoms with Crippen molar-refractivity contribution in [2.45, 2.75) is 0 Å². The number of rotatable bonds is 3. The van der Waals surface area contributed by atoms with Gasteiger partial charge in [0.05, 0.1) is 11.8 Å². The van der Waals surface area contributed by atoms with Crippen LogP contribution in [-0.2, 0) is 0 Å². The molecule has 0 spiro atoms. The minimum atomic E-state index is -0.602. The fourth-order valence-electron chi connectivity index (χ4n) is 2.29. The zero-order valence-corrected chi connectivity index (χ0v) is 12.1. The molecule has 0 aromatic heterocycles. The largest absolute Gasteiger partial charge is 0.508 e. The summed E-state index contributed by atoms with van der Waals surface area (Å²) in [7, 11) is 0. The maximum Gasteiger partial charge on any atom is 0.275 e. The minimum absolute atomic E-state index is 0.0416. The van der Waals surface area contributed by atoms with Crippen LogP contribution in [0.4, 0.5) is 0 Å². The van der Waals surface area contributed by atoms with E-state index in [0.717, 1.165) is 16.3 Å². The molecule has 3 rings (SSSR count). The molecular formula is C18H14N2O3. The van der Waals surface area contributed by atoms with E-state index < -0.39 is 5.91 Å². The molecule has 0 fully saturated rings. The molecule has 0 aliphatic carbocycles. The van der Waals surface area contributed by atoms with Gasteiger partial charge in [-0.3, -0.25) is 4.79 Å². The molecule has 1 amide bonds. The van der Waals surface area contributed by atoms with Crippen LogP contribution in [0.1, 0.15) is 15.9 Å². The standard InChI is InChI=1S/C18H14N2O3/c21-14-8-9-17(22)16(10-14)18(23)20-19-11-13-6-3-5-12-4-1-2-7-15(12)13/h1-11,21-22H,(H,20,23)/b19-11+. The van der Waals surface area contributed by atoms with Gasteiger partial charge in [0.15, 0.2) is 0 Å². The second-order valence-electron chi connectivity index (χ2n) is 4.97. The van der Waals surface area contributed by atoms with Gasteiger partial charge in [-0.05, 0) is 29.0 Å². The van der Waals surface area contributed by atoms with Crippen LogP contribution < -0.4 is 5.43 Å². The molecule has 5 nitrogen and oxygen atoms in total. The van der Waals surface area contributed by atoms with Crippen LogP contribution in [0.2, 0.25) is 0 Å². The fourth-order valence-corrected chi connectivity index (χ4v) is 2.29. The summed E-state index contributed by atoms with van der Waals surface area (Å²) in [5.41, 5.74) is 3.16. The molecule has 5 heteroatoms. The highest BCUT2D eigenvalue weighted by Gasteiger charge is 2.11. The number of carbonyl (C=O) groups is 1. The highest BCUT2D eigenvalue weighted by Crippen LogP contribution is 2.21. The first-order valence-electron chi connectivity index (χ1n) is 6.98. The molecule has 0 heterocycles. The summed E-state index contributed by atoms with van der Waals surface area (Å²) in [5, 5.41) is 25.0. The van der Waals surface area contributed by atoms with Gasteiger partial charge < -0.3 is 10.2 Å². The van der Waals surface area contributed by atoms with Gasteiger partial charge in [-0.1, -0.05) is 42.5 Å². The predicted molar refractivity (Wildman–Crippen MR) is 88.8 cm³/mol. The normalized spacial score (nSPS) is 11.0. The van der Waals surface area contributed by atoms with E-state index in [4.69, 9.17) is 0 Å². The molecular weight excluding hydrogens is 292 g/mol. The highest BCUT2D eigenvalue weighted by molar-refractivity contribution is 6.01. The Labute approximate surface area is 132 Å². The van der Waals surface area contributed by atoms with Crippen molar-refractivity contribution in [3.05, 3.63) is 71.8 Å². The van der Waals surface area contributed by atoms with E-state index in [0.29, 0.717) is 0 Å². The van der Waals surface area contributed by atoms with Crippen LogP contribution in [-0.4, -0.2) is 22.3 Å². The summed E-state index contributed by atoms with van der Waals surface area (Å²) in [5.74, 6) is -0.929. The van der Waals surface area contributed by atoms with Gasteiger partial charge in [0, 0.05) is 5.56 Å². The number of hydrogen-bond acceptors (Lipinski definition) is 4. The Morgan fingerprint density at radius 2 is 1.78 bits per heavy atom. The zero-order valence-electron chi connectivity index (χ0n) is 12.1. The quantitative estimate of drug-likeness (QED) is 0.395. The number of carbonyl (C=O) groups excluding carboxylic acids is 1. The summed E-state index contributed by atoms with van der Waals surface area (Å²) in [6, 6.07) is 17.4. The van der Waals surface area contributed by atoms with Gasteiger partial charge in [-0.25, -0.2) is 5.43 Å². The van der Waals surface area contributed by atoms with Crippen molar-refractivity contribution in [1.82, 2.24) is 5.43 Å². The number of benzene rings is 3. The molecule has 0 radical (unpaired) electrons. The van der Waals surface area contributed by atoms with Crippen LogP contribution in [0, 0.1) is 0 Å². The van der Waals surface area contributed by atoms with E-state index in [1.165, 1.54) is 18.2 Å². The number of nitrogens with zero attached hydrogens (tertiary/aromatic N) is 1. The first kappa shape index (κ1) is 14.6. The predicted octanol–water partition coefficient (Wildman–Crippen LogP) is 3.01. The lowest BCUT2D eigenvalue weighted by molar-refractivity contribution is 0.0952. The van der Waals surface area contributed by atoms with Gasteiger partial charge in [0.25, 0.3) is 5.91 Å². The Kier molecular flexibility index (Phi) is 3.93. The molecule has 0 atom stereocenters. The molecule has 23 heavy (non-hydrogen) atoms. The van der Waals surface area contributed by atoms with Crippen LogP contribution in [0.3, 0.4) is 0 Å². The van der Waals surface area contributed by atoms with E-state index in [1.807, 2.05) is 42.5 Å². The molecule has 3 aromatic rings. The van der Waals surface area contributed by atoms with Crippen molar-refractivity contribution in [3.63, 3.8) is 0 Å². The Balaban J connectivity index is 1.80. The Hall–Kier alpha value is -3.34. The molecule has 0 saturated carbocycles. The highest BCUT2D eigenvalue weighted by atomic mass is 16.3. The number of phenolic OH excluding ortho intramolecular Hbond substituents is 2. The average molecular weight is 306 g/mol. The van der Waals surface area contributed by atoms with E-state index in [9.17, 15) is 15.0 Å². The maximum absolute atomic E-state index is 12.0. The number of fused-ring (bicyclic) bond motifs is 1. The first-order chi connectivity index (χ1) is 11.1. The van der Waals surface area contributed by atoms with Crippen molar-refractivity contribution in [3.8, 4) is 11.5 Å². The molecule has 0 bridgehead atoms. The van der Waals surface area contributed by atoms with Gasteiger partial charge in [-0.15, -0.1) is 0 Å². The van der Waals surface area contributed by atoms with E-state index in [1.54, 1.807) is 6.21 Å². The second kappa shape index (κ2) is 6.19. The van der Waals surface area contributed by atoms with E-state index >= 15 is 0 Å². The van der Waals surface area contributed by atoms with Gasteiger partial charge >= 0.3 is 0 Å². The zero-order chi connectivity index (χ0) is 16.2. The maximum atomic E-state index is 12.0. The lowest BCUT2D eigenvalue weighted by atomic mass is 10.1. The van der Waals surface area contributed by atoms with Crippen LogP contribution in [0.25, 0.3) is 10.8 Å². The minimum Gasteiger partial charge on any atom is -0.508 e.